The van der Waals surface area contributed by atoms with Crippen molar-refractivity contribution in [1.82, 2.24) is 4.57 Å². The Kier molecular flexibility index (Phi) is 3.90. The van der Waals surface area contributed by atoms with E-state index in [4.69, 9.17) is 16.3 Å². The van der Waals surface area contributed by atoms with Crippen molar-refractivity contribution in [2.24, 2.45) is 0 Å². The smallest absolute Gasteiger partial charge is 0.419 e. The predicted molar refractivity (Wildman–Crippen MR) is 94.0 cm³/mol. The Morgan fingerprint density at radius 3 is 2.39 bits per heavy atom. The highest BCUT2D eigenvalue weighted by molar-refractivity contribution is 6.31. The fourth-order valence-corrected chi connectivity index (χ4v) is 2.67. The number of aromatic nitrogens is 1. The molecule has 0 unspecified atom stereocenters. The van der Waals surface area contributed by atoms with Gasteiger partial charge in [-0.05, 0) is 44.5 Å². The van der Waals surface area contributed by atoms with Crippen LogP contribution in [0.5, 0.6) is 0 Å². The zero-order valence-corrected chi connectivity index (χ0v) is 14.1. The average Bonchev–Trinajstić information content (AvgIpc) is 2.85. The van der Waals surface area contributed by atoms with Crippen LogP contribution in [-0.4, -0.2) is 16.3 Å². The van der Waals surface area contributed by atoms with E-state index < -0.39 is 11.7 Å². The van der Waals surface area contributed by atoms with E-state index in [2.05, 4.69) is 0 Å². The number of carbonyl (C=O) groups is 1. The molecular weight excluding hydrogens is 310 g/mol. The summed E-state index contributed by atoms with van der Waals surface area (Å²) in [4.78, 5) is 12.7. The Bertz CT molecular complexity index is 860. The van der Waals surface area contributed by atoms with E-state index in [1.165, 1.54) is 0 Å². The van der Waals surface area contributed by atoms with E-state index in [9.17, 15) is 4.79 Å². The van der Waals surface area contributed by atoms with Gasteiger partial charge in [0.15, 0.2) is 0 Å². The normalized spacial score (nSPS) is 11.7. The third-order valence-electron chi connectivity index (χ3n) is 3.41. The number of fused-ring (bicyclic) bond motifs is 1. The molecule has 0 saturated carbocycles. The number of hydrogen-bond acceptors (Lipinski definition) is 2. The summed E-state index contributed by atoms with van der Waals surface area (Å²) in [5.74, 6) is 0. The van der Waals surface area contributed by atoms with E-state index in [0.717, 1.165) is 22.2 Å². The lowest BCUT2D eigenvalue weighted by molar-refractivity contribution is 0.0547. The Labute approximate surface area is 140 Å². The predicted octanol–water partition coefficient (Wildman–Crippen LogP) is 5.74. The molecule has 0 atom stereocenters. The van der Waals surface area contributed by atoms with Gasteiger partial charge < -0.3 is 4.74 Å². The maximum atomic E-state index is 12.7. The van der Waals surface area contributed by atoms with Crippen molar-refractivity contribution in [2.45, 2.75) is 26.4 Å². The maximum absolute atomic E-state index is 12.7. The molecular formula is C19H18ClNO2. The van der Waals surface area contributed by atoms with Crippen molar-refractivity contribution >= 4 is 28.6 Å². The van der Waals surface area contributed by atoms with E-state index in [1.54, 1.807) is 10.6 Å². The van der Waals surface area contributed by atoms with Crippen LogP contribution in [0.25, 0.3) is 22.2 Å². The van der Waals surface area contributed by atoms with Crippen molar-refractivity contribution in [3.8, 4) is 11.3 Å². The van der Waals surface area contributed by atoms with Gasteiger partial charge in [0.25, 0.3) is 0 Å². The fourth-order valence-electron chi connectivity index (χ4n) is 2.50. The molecule has 2 aromatic carbocycles. The first-order valence-corrected chi connectivity index (χ1v) is 7.83. The van der Waals surface area contributed by atoms with E-state index in [0.29, 0.717) is 5.02 Å². The average molecular weight is 328 g/mol. The van der Waals surface area contributed by atoms with Crippen molar-refractivity contribution < 1.29 is 9.53 Å². The minimum Gasteiger partial charge on any atom is -0.443 e. The van der Waals surface area contributed by atoms with Crippen LogP contribution in [0, 0.1) is 0 Å². The van der Waals surface area contributed by atoms with Gasteiger partial charge in [-0.3, -0.25) is 0 Å². The van der Waals surface area contributed by atoms with E-state index in [1.807, 2.05) is 69.3 Å². The van der Waals surface area contributed by atoms with Gasteiger partial charge >= 0.3 is 6.09 Å². The zero-order valence-electron chi connectivity index (χ0n) is 13.3. The Morgan fingerprint density at radius 1 is 1.04 bits per heavy atom. The summed E-state index contributed by atoms with van der Waals surface area (Å²) >= 11 is 6.12. The third-order valence-corrected chi connectivity index (χ3v) is 3.65. The van der Waals surface area contributed by atoms with Crippen molar-refractivity contribution in [3.63, 3.8) is 0 Å². The largest absolute Gasteiger partial charge is 0.443 e. The molecule has 0 fully saturated rings. The second-order valence-electron chi connectivity index (χ2n) is 6.41. The summed E-state index contributed by atoms with van der Waals surface area (Å²) in [5.41, 5.74) is 1.91. The van der Waals surface area contributed by atoms with E-state index in [-0.39, 0.29) is 0 Å². The highest BCUT2D eigenvalue weighted by atomic mass is 35.5. The number of rotatable bonds is 1. The van der Waals surface area contributed by atoms with Crippen LogP contribution < -0.4 is 0 Å². The van der Waals surface area contributed by atoms with Crippen LogP contribution in [0.15, 0.2) is 54.6 Å². The first kappa shape index (κ1) is 15.6. The van der Waals surface area contributed by atoms with Crippen LogP contribution in [0.3, 0.4) is 0 Å². The van der Waals surface area contributed by atoms with Gasteiger partial charge in [-0.2, -0.15) is 0 Å². The van der Waals surface area contributed by atoms with Gasteiger partial charge in [0.05, 0.1) is 11.2 Å². The maximum Gasteiger partial charge on any atom is 0.419 e. The number of ether oxygens (including phenoxy) is 1. The molecule has 3 rings (SSSR count). The fraction of sp³-hybridized carbons (Fsp3) is 0.211. The van der Waals surface area contributed by atoms with Gasteiger partial charge in [-0.15, -0.1) is 0 Å². The molecule has 1 aromatic heterocycles. The Hall–Kier alpha value is -2.26. The third kappa shape index (κ3) is 3.25. The first-order valence-electron chi connectivity index (χ1n) is 7.45. The summed E-state index contributed by atoms with van der Waals surface area (Å²) in [7, 11) is 0. The SMILES string of the molecule is CC(C)(C)OC(=O)n1c(-c2ccccc2)cc2ccc(Cl)cc21. The second kappa shape index (κ2) is 5.74. The lowest BCUT2D eigenvalue weighted by Gasteiger charge is -2.21. The second-order valence-corrected chi connectivity index (χ2v) is 6.85. The summed E-state index contributed by atoms with van der Waals surface area (Å²) in [6, 6.07) is 17.3. The van der Waals surface area contributed by atoms with Gasteiger partial charge in [0, 0.05) is 10.4 Å². The van der Waals surface area contributed by atoms with Gasteiger partial charge in [0.1, 0.15) is 5.60 Å². The number of carbonyl (C=O) groups excluding carboxylic acids is 1. The number of nitrogens with zero attached hydrogens (tertiary/aromatic N) is 1. The molecule has 0 amide bonds. The van der Waals surface area contributed by atoms with Crippen LogP contribution in [0.2, 0.25) is 5.02 Å². The lowest BCUT2D eigenvalue weighted by atomic mass is 10.1. The summed E-state index contributed by atoms with van der Waals surface area (Å²) in [6.07, 6.45) is -0.409. The molecule has 0 aliphatic rings. The molecule has 0 aliphatic heterocycles. The molecule has 23 heavy (non-hydrogen) atoms. The molecule has 3 nitrogen and oxygen atoms in total. The standard InChI is InChI=1S/C19H18ClNO2/c1-19(2,3)23-18(22)21-16(13-7-5-4-6-8-13)11-14-9-10-15(20)12-17(14)21/h4-12H,1-3H3. The molecule has 0 spiro atoms. The van der Waals surface area contributed by atoms with E-state index >= 15 is 0 Å². The minimum absolute atomic E-state index is 0.409. The van der Waals surface area contributed by atoms with Crippen LogP contribution in [0.4, 0.5) is 4.79 Å². The molecule has 1 heterocycles. The van der Waals surface area contributed by atoms with Crippen LogP contribution in [0.1, 0.15) is 20.8 Å². The molecule has 0 saturated heterocycles. The minimum atomic E-state index is -0.569. The lowest BCUT2D eigenvalue weighted by Crippen LogP contribution is -2.27. The van der Waals surface area contributed by atoms with Crippen LogP contribution in [-0.2, 0) is 4.74 Å². The van der Waals surface area contributed by atoms with Gasteiger partial charge in [-0.1, -0.05) is 48.0 Å². The monoisotopic (exact) mass is 327 g/mol. The van der Waals surface area contributed by atoms with Crippen molar-refractivity contribution in [1.29, 1.82) is 0 Å². The van der Waals surface area contributed by atoms with Gasteiger partial charge in [-0.25, -0.2) is 9.36 Å². The molecule has 0 radical (unpaired) electrons. The number of benzene rings is 2. The highest BCUT2D eigenvalue weighted by Gasteiger charge is 2.22. The topological polar surface area (TPSA) is 31.2 Å². The Balaban J connectivity index is 2.23. The summed E-state index contributed by atoms with van der Waals surface area (Å²) in [6.45, 7) is 5.56. The molecule has 118 valence electrons. The number of halogens is 1. The highest BCUT2D eigenvalue weighted by Crippen LogP contribution is 2.30. The zero-order chi connectivity index (χ0) is 16.6. The molecule has 0 N–H and O–H groups in total. The first-order chi connectivity index (χ1) is 10.8. The molecule has 4 heteroatoms. The van der Waals surface area contributed by atoms with Crippen molar-refractivity contribution in [2.75, 3.05) is 0 Å². The number of hydrogen-bond donors (Lipinski definition) is 0. The summed E-state index contributed by atoms with van der Waals surface area (Å²) in [5, 5.41) is 1.53. The quantitative estimate of drug-likeness (QED) is 0.570. The van der Waals surface area contributed by atoms with Gasteiger partial charge in [0.2, 0.25) is 0 Å². The Morgan fingerprint density at radius 2 is 1.74 bits per heavy atom. The molecule has 0 bridgehead atoms. The molecule has 0 aliphatic carbocycles. The molecule has 3 aromatic rings. The summed E-state index contributed by atoms with van der Waals surface area (Å²) < 4.78 is 7.16. The van der Waals surface area contributed by atoms with Crippen LogP contribution >= 0.6 is 11.6 Å². The van der Waals surface area contributed by atoms with Crippen molar-refractivity contribution in [3.05, 3.63) is 59.6 Å².